The molecule has 0 spiro atoms. The molecule has 1 heterocycles. The summed E-state index contributed by atoms with van der Waals surface area (Å²) in [6.07, 6.45) is 1.33. The van der Waals surface area contributed by atoms with Crippen molar-refractivity contribution in [3.63, 3.8) is 0 Å². The van der Waals surface area contributed by atoms with E-state index in [-0.39, 0.29) is 5.88 Å². The fraction of sp³-hybridized carbons (Fsp3) is 0.250. The molecule has 0 atom stereocenters. The van der Waals surface area contributed by atoms with Crippen molar-refractivity contribution in [1.29, 1.82) is 0 Å². The number of carbonyl (C=O) groups is 1. The summed E-state index contributed by atoms with van der Waals surface area (Å²) in [5.41, 5.74) is 0.610. The van der Waals surface area contributed by atoms with Crippen LogP contribution in [-0.2, 0) is 4.79 Å². The third-order valence-electron chi connectivity index (χ3n) is 2.34. The van der Waals surface area contributed by atoms with E-state index in [4.69, 9.17) is 14.2 Å². The standard InChI is InChI=1S/C12H12N2O4/c1-7(15)18-12-8-4-10(16-2)11(17-3)5-9(8)13-6-14-12/h4-6H,1-3H3. The summed E-state index contributed by atoms with van der Waals surface area (Å²) in [7, 11) is 3.07. The van der Waals surface area contributed by atoms with Gasteiger partial charge in [-0.2, -0.15) is 0 Å². The van der Waals surface area contributed by atoms with Crippen LogP contribution < -0.4 is 14.2 Å². The third kappa shape index (κ3) is 2.17. The second kappa shape index (κ2) is 4.87. The van der Waals surface area contributed by atoms with Gasteiger partial charge in [-0.25, -0.2) is 9.97 Å². The number of benzene rings is 1. The molecule has 94 valence electrons. The predicted octanol–water partition coefficient (Wildman–Crippen LogP) is 1.57. The molecule has 0 aliphatic rings. The monoisotopic (exact) mass is 248 g/mol. The molecule has 0 bridgehead atoms. The lowest BCUT2D eigenvalue weighted by molar-refractivity contribution is -0.132. The first-order valence-electron chi connectivity index (χ1n) is 5.21. The van der Waals surface area contributed by atoms with Gasteiger partial charge in [0.2, 0.25) is 5.88 Å². The summed E-state index contributed by atoms with van der Waals surface area (Å²) in [6.45, 7) is 1.31. The topological polar surface area (TPSA) is 70.5 Å². The normalized spacial score (nSPS) is 10.2. The third-order valence-corrected chi connectivity index (χ3v) is 2.34. The lowest BCUT2D eigenvalue weighted by Gasteiger charge is -2.10. The Morgan fingerprint density at radius 2 is 1.78 bits per heavy atom. The average Bonchev–Trinajstić information content (AvgIpc) is 2.37. The van der Waals surface area contributed by atoms with Gasteiger partial charge in [-0.1, -0.05) is 0 Å². The highest BCUT2D eigenvalue weighted by Gasteiger charge is 2.12. The molecular formula is C12H12N2O4. The van der Waals surface area contributed by atoms with Gasteiger partial charge in [0.15, 0.2) is 11.5 Å². The molecule has 0 unspecified atom stereocenters. The van der Waals surface area contributed by atoms with E-state index >= 15 is 0 Å². The van der Waals surface area contributed by atoms with Crippen molar-refractivity contribution in [3.05, 3.63) is 18.5 Å². The smallest absolute Gasteiger partial charge is 0.309 e. The number of fused-ring (bicyclic) bond motifs is 1. The van der Waals surface area contributed by atoms with Crippen LogP contribution in [-0.4, -0.2) is 30.2 Å². The maximum Gasteiger partial charge on any atom is 0.309 e. The Bertz CT molecular complexity index is 598. The van der Waals surface area contributed by atoms with Gasteiger partial charge in [0.1, 0.15) is 6.33 Å². The van der Waals surface area contributed by atoms with Crippen molar-refractivity contribution in [2.45, 2.75) is 6.92 Å². The Kier molecular flexibility index (Phi) is 3.27. The van der Waals surface area contributed by atoms with E-state index in [1.54, 1.807) is 12.1 Å². The van der Waals surface area contributed by atoms with Crippen molar-refractivity contribution in [3.8, 4) is 17.4 Å². The second-order valence-corrected chi connectivity index (χ2v) is 3.50. The number of hydrogen-bond acceptors (Lipinski definition) is 6. The van der Waals surface area contributed by atoms with E-state index in [0.29, 0.717) is 22.4 Å². The minimum atomic E-state index is -0.440. The van der Waals surface area contributed by atoms with Crippen molar-refractivity contribution >= 4 is 16.9 Å². The van der Waals surface area contributed by atoms with Crippen molar-refractivity contribution in [2.24, 2.45) is 0 Å². The largest absolute Gasteiger partial charge is 0.493 e. The maximum absolute atomic E-state index is 11.0. The average molecular weight is 248 g/mol. The summed E-state index contributed by atoms with van der Waals surface area (Å²) < 4.78 is 15.4. The quantitative estimate of drug-likeness (QED) is 0.768. The van der Waals surface area contributed by atoms with Crippen molar-refractivity contribution in [1.82, 2.24) is 9.97 Å². The molecule has 1 aromatic carbocycles. The molecule has 6 nitrogen and oxygen atoms in total. The zero-order chi connectivity index (χ0) is 13.1. The fourth-order valence-corrected chi connectivity index (χ4v) is 1.58. The van der Waals surface area contributed by atoms with Gasteiger partial charge in [-0.15, -0.1) is 0 Å². The summed E-state index contributed by atoms with van der Waals surface area (Å²) in [5.74, 6) is 0.837. The molecule has 0 aliphatic heterocycles. The molecule has 0 radical (unpaired) electrons. The Morgan fingerprint density at radius 1 is 1.11 bits per heavy atom. The van der Waals surface area contributed by atoms with Crippen LogP contribution in [0.5, 0.6) is 17.4 Å². The first kappa shape index (κ1) is 12.1. The van der Waals surface area contributed by atoms with E-state index in [9.17, 15) is 4.79 Å². The summed E-state index contributed by atoms with van der Waals surface area (Å²) in [5, 5.41) is 0.588. The number of rotatable bonds is 3. The molecule has 2 aromatic rings. The first-order chi connectivity index (χ1) is 8.65. The zero-order valence-corrected chi connectivity index (χ0v) is 10.3. The predicted molar refractivity (Wildman–Crippen MR) is 64.0 cm³/mol. The van der Waals surface area contributed by atoms with Gasteiger partial charge in [0.25, 0.3) is 0 Å². The van der Waals surface area contributed by atoms with Gasteiger partial charge in [-0.05, 0) is 6.07 Å². The summed E-state index contributed by atoms with van der Waals surface area (Å²) in [6, 6.07) is 3.37. The number of hydrogen-bond donors (Lipinski definition) is 0. The van der Waals surface area contributed by atoms with Gasteiger partial charge >= 0.3 is 5.97 Å². The minimum absolute atomic E-state index is 0.202. The van der Waals surface area contributed by atoms with E-state index < -0.39 is 5.97 Å². The molecule has 0 N–H and O–H groups in total. The van der Waals surface area contributed by atoms with Crippen LogP contribution in [0.25, 0.3) is 10.9 Å². The van der Waals surface area contributed by atoms with Gasteiger partial charge in [-0.3, -0.25) is 4.79 Å². The van der Waals surface area contributed by atoms with E-state index in [0.717, 1.165) is 0 Å². The number of ether oxygens (including phenoxy) is 3. The summed E-state index contributed by atoms with van der Waals surface area (Å²) >= 11 is 0. The Balaban J connectivity index is 2.64. The Labute approximate surface area is 104 Å². The van der Waals surface area contributed by atoms with Crippen molar-refractivity contribution < 1.29 is 19.0 Å². The molecule has 2 rings (SSSR count). The number of esters is 1. The number of methoxy groups -OCH3 is 2. The molecule has 6 heteroatoms. The SMILES string of the molecule is COc1cc2ncnc(OC(C)=O)c2cc1OC. The minimum Gasteiger partial charge on any atom is -0.493 e. The molecule has 0 saturated carbocycles. The number of carbonyl (C=O) groups excluding carboxylic acids is 1. The van der Waals surface area contributed by atoms with Gasteiger partial charge in [0, 0.05) is 13.0 Å². The number of nitrogens with zero attached hydrogens (tertiary/aromatic N) is 2. The Hall–Kier alpha value is -2.37. The summed E-state index contributed by atoms with van der Waals surface area (Å²) in [4.78, 5) is 19.0. The Morgan fingerprint density at radius 3 is 2.39 bits per heavy atom. The van der Waals surface area contributed by atoms with E-state index in [2.05, 4.69) is 9.97 Å². The van der Waals surface area contributed by atoms with Crippen LogP contribution in [0, 0.1) is 0 Å². The highest BCUT2D eigenvalue weighted by molar-refractivity contribution is 5.88. The molecule has 0 amide bonds. The van der Waals surface area contributed by atoms with Crippen LogP contribution >= 0.6 is 0 Å². The van der Waals surface area contributed by atoms with Gasteiger partial charge in [0.05, 0.1) is 25.1 Å². The van der Waals surface area contributed by atoms with Crippen LogP contribution in [0.3, 0.4) is 0 Å². The first-order valence-corrected chi connectivity index (χ1v) is 5.21. The van der Waals surface area contributed by atoms with E-state index in [1.807, 2.05) is 0 Å². The molecule has 18 heavy (non-hydrogen) atoms. The fourth-order valence-electron chi connectivity index (χ4n) is 1.58. The lowest BCUT2D eigenvalue weighted by Crippen LogP contribution is -2.04. The zero-order valence-electron chi connectivity index (χ0n) is 10.3. The highest BCUT2D eigenvalue weighted by atomic mass is 16.5. The molecule has 0 aliphatic carbocycles. The highest BCUT2D eigenvalue weighted by Crippen LogP contribution is 2.34. The van der Waals surface area contributed by atoms with Crippen LogP contribution in [0.15, 0.2) is 18.5 Å². The molecular weight excluding hydrogens is 236 g/mol. The van der Waals surface area contributed by atoms with E-state index in [1.165, 1.54) is 27.5 Å². The molecule has 1 aromatic heterocycles. The van der Waals surface area contributed by atoms with Crippen LogP contribution in [0.2, 0.25) is 0 Å². The number of aromatic nitrogens is 2. The van der Waals surface area contributed by atoms with Gasteiger partial charge < -0.3 is 14.2 Å². The maximum atomic E-state index is 11.0. The second-order valence-electron chi connectivity index (χ2n) is 3.50. The van der Waals surface area contributed by atoms with Crippen molar-refractivity contribution in [2.75, 3.05) is 14.2 Å². The lowest BCUT2D eigenvalue weighted by atomic mass is 10.2. The van der Waals surface area contributed by atoms with Crippen LogP contribution in [0.1, 0.15) is 6.92 Å². The molecule has 0 fully saturated rings. The van der Waals surface area contributed by atoms with Crippen LogP contribution in [0.4, 0.5) is 0 Å². The molecule has 0 saturated heterocycles.